The Morgan fingerprint density at radius 2 is 1.91 bits per heavy atom. The second-order valence-electron chi connectivity index (χ2n) is 6.84. The van der Waals surface area contributed by atoms with Gasteiger partial charge in [0.25, 0.3) is 5.91 Å². The highest BCUT2D eigenvalue weighted by Gasteiger charge is 2.20. The minimum absolute atomic E-state index is 0.0891. The van der Waals surface area contributed by atoms with E-state index in [1.54, 1.807) is 42.5 Å². The van der Waals surface area contributed by atoms with Gasteiger partial charge in [-0.25, -0.2) is 24.3 Å². The van der Waals surface area contributed by atoms with Crippen LogP contribution in [0, 0.1) is 0 Å². The van der Waals surface area contributed by atoms with Crippen molar-refractivity contribution in [2.24, 2.45) is 5.73 Å². The van der Waals surface area contributed by atoms with Crippen LogP contribution in [0.1, 0.15) is 10.5 Å². The molecule has 0 atom stereocenters. The first kappa shape index (κ1) is 19.2. The van der Waals surface area contributed by atoms with Gasteiger partial charge in [0.1, 0.15) is 17.6 Å². The molecule has 0 aliphatic rings. The molecule has 4 N–H and O–H groups in total. The molecular weight excluding hydrogens is 412 g/mol. The predicted octanol–water partition coefficient (Wildman–Crippen LogP) is 1.67. The predicted molar refractivity (Wildman–Crippen MR) is 115 cm³/mol. The van der Waals surface area contributed by atoms with E-state index in [1.165, 1.54) is 18.0 Å². The Hall–Kier alpha value is -4.80. The third-order valence-corrected chi connectivity index (χ3v) is 4.89. The van der Waals surface area contributed by atoms with Crippen LogP contribution in [0.4, 0.5) is 0 Å². The first-order chi connectivity index (χ1) is 15.5. The number of nitrogens with one attached hydrogen (secondary N) is 2. The minimum atomic E-state index is -0.788. The van der Waals surface area contributed by atoms with Gasteiger partial charge in [-0.1, -0.05) is 24.3 Å². The van der Waals surface area contributed by atoms with E-state index >= 15 is 0 Å². The average molecular weight is 428 g/mol. The molecule has 0 unspecified atom stereocenters. The molecule has 0 fully saturated rings. The molecule has 32 heavy (non-hydrogen) atoms. The standard InChI is InChI=1S/C21H16N8O3/c1-32-14-7-3-6-13(9-14)29-20-16(26-21(29)31)15(17(22)30)25-19(27-20)12-5-2-4-11(8-12)18-23-10-24-28-18/h2-10H,1H3,(H2,22,30)(H,26,31)(H,23,24,28). The van der Waals surface area contributed by atoms with E-state index in [4.69, 9.17) is 10.5 Å². The number of carbonyl (C=O) groups is 1. The Labute approximate surface area is 179 Å². The largest absolute Gasteiger partial charge is 0.497 e. The number of aromatic nitrogens is 7. The molecule has 0 radical (unpaired) electrons. The van der Waals surface area contributed by atoms with Crippen molar-refractivity contribution in [3.05, 3.63) is 71.0 Å². The van der Waals surface area contributed by atoms with Gasteiger partial charge in [-0.05, 0) is 18.2 Å². The number of methoxy groups -OCH3 is 1. The molecule has 0 saturated carbocycles. The number of rotatable bonds is 5. The number of ether oxygens (including phenoxy) is 1. The van der Waals surface area contributed by atoms with Crippen molar-refractivity contribution in [1.82, 2.24) is 34.7 Å². The van der Waals surface area contributed by atoms with Gasteiger partial charge >= 0.3 is 5.69 Å². The lowest BCUT2D eigenvalue weighted by molar-refractivity contribution is 0.0997. The summed E-state index contributed by atoms with van der Waals surface area (Å²) < 4.78 is 6.60. The molecule has 158 valence electrons. The van der Waals surface area contributed by atoms with Gasteiger partial charge in [0.15, 0.2) is 23.0 Å². The third kappa shape index (κ3) is 3.17. The van der Waals surface area contributed by atoms with Crippen molar-refractivity contribution >= 4 is 17.1 Å². The van der Waals surface area contributed by atoms with Crippen LogP contribution in [-0.2, 0) is 0 Å². The number of aromatic amines is 2. The van der Waals surface area contributed by atoms with E-state index < -0.39 is 11.6 Å². The summed E-state index contributed by atoms with van der Waals surface area (Å²) in [6, 6.07) is 14.2. The van der Waals surface area contributed by atoms with E-state index in [1.807, 2.05) is 6.07 Å². The van der Waals surface area contributed by atoms with Crippen LogP contribution in [0.5, 0.6) is 5.75 Å². The summed E-state index contributed by atoms with van der Waals surface area (Å²) in [6.45, 7) is 0. The highest BCUT2D eigenvalue weighted by molar-refractivity contribution is 6.02. The Balaban J connectivity index is 1.76. The molecule has 0 bridgehead atoms. The van der Waals surface area contributed by atoms with E-state index in [9.17, 15) is 9.59 Å². The highest BCUT2D eigenvalue weighted by Crippen LogP contribution is 2.25. The molecule has 0 aliphatic heterocycles. The van der Waals surface area contributed by atoms with Crippen molar-refractivity contribution in [1.29, 1.82) is 0 Å². The summed E-state index contributed by atoms with van der Waals surface area (Å²) in [7, 11) is 1.53. The number of hydrogen-bond acceptors (Lipinski definition) is 7. The smallest absolute Gasteiger partial charge is 0.332 e. The van der Waals surface area contributed by atoms with Gasteiger partial charge in [0.2, 0.25) is 0 Å². The number of imidazole rings is 1. The first-order valence-corrected chi connectivity index (χ1v) is 9.48. The zero-order valence-corrected chi connectivity index (χ0v) is 16.7. The summed E-state index contributed by atoms with van der Waals surface area (Å²) in [4.78, 5) is 40.7. The number of nitrogens with zero attached hydrogens (tertiary/aromatic N) is 5. The number of fused-ring (bicyclic) bond motifs is 1. The average Bonchev–Trinajstić information content (AvgIpc) is 3.46. The number of amides is 1. The fraction of sp³-hybridized carbons (Fsp3) is 0.0476. The number of H-pyrrole nitrogens is 2. The van der Waals surface area contributed by atoms with Crippen LogP contribution in [0.3, 0.4) is 0 Å². The molecule has 0 spiro atoms. The van der Waals surface area contributed by atoms with Gasteiger partial charge in [-0.2, -0.15) is 5.10 Å². The summed E-state index contributed by atoms with van der Waals surface area (Å²) in [6.07, 6.45) is 1.41. The molecule has 2 aromatic carbocycles. The highest BCUT2D eigenvalue weighted by atomic mass is 16.5. The second kappa shape index (κ2) is 7.47. The normalized spacial score (nSPS) is 11.0. The molecule has 3 aromatic heterocycles. The lowest BCUT2D eigenvalue weighted by Gasteiger charge is -2.08. The van der Waals surface area contributed by atoms with Gasteiger partial charge in [-0.15, -0.1) is 0 Å². The molecule has 0 aliphatic carbocycles. The second-order valence-corrected chi connectivity index (χ2v) is 6.84. The molecule has 3 heterocycles. The van der Waals surface area contributed by atoms with Crippen LogP contribution in [-0.4, -0.2) is 47.7 Å². The van der Waals surface area contributed by atoms with E-state index in [0.29, 0.717) is 22.8 Å². The summed E-state index contributed by atoms with van der Waals surface area (Å²) in [5.74, 6) is 0.568. The maximum absolute atomic E-state index is 12.8. The van der Waals surface area contributed by atoms with E-state index in [-0.39, 0.29) is 22.7 Å². The van der Waals surface area contributed by atoms with Crippen LogP contribution in [0.15, 0.2) is 59.7 Å². The fourth-order valence-electron chi connectivity index (χ4n) is 3.43. The van der Waals surface area contributed by atoms with Crippen molar-refractivity contribution < 1.29 is 9.53 Å². The van der Waals surface area contributed by atoms with E-state index in [2.05, 4.69) is 30.1 Å². The third-order valence-electron chi connectivity index (χ3n) is 4.89. The summed E-state index contributed by atoms with van der Waals surface area (Å²) >= 11 is 0. The topological polar surface area (TPSA) is 157 Å². The summed E-state index contributed by atoms with van der Waals surface area (Å²) in [5, 5.41) is 6.66. The monoisotopic (exact) mass is 428 g/mol. The first-order valence-electron chi connectivity index (χ1n) is 9.48. The molecular formula is C21H16N8O3. The Bertz CT molecular complexity index is 1520. The van der Waals surface area contributed by atoms with Crippen molar-refractivity contribution in [2.45, 2.75) is 0 Å². The number of primary amides is 1. The number of nitrogens with two attached hydrogens (primary N) is 1. The van der Waals surface area contributed by atoms with Crippen molar-refractivity contribution in [2.75, 3.05) is 7.11 Å². The lowest BCUT2D eigenvalue weighted by atomic mass is 10.1. The van der Waals surface area contributed by atoms with Crippen LogP contribution in [0.25, 0.3) is 39.6 Å². The van der Waals surface area contributed by atoms with Gasteiger partial charge in [0.05, 0.1) is 12.8 Å². The van der Waals surface area contributed by atoms with Crippen LogP contribution in [0.2, 0.25) is 0 Å². The van der Waals surface area contributed by atoms with Gasteiger partial charge < -0.3 is 15.5 Å². The molecule has 5 rings (SSSR count). The van der Waals surface area contributed by atoms with Crippen LogP contribution >= 0.6 is 0 Å². The Morgan fingerprint density at radius 1 is 1.09 bits per heavy atom. The zero-order chi connectivity index (χ0) is 22.2. The molecule has 11 heteroatoms. The SMILES string of the molecule is COc1cccc(-n2c(=O)[nH]c3c(C(N)=O)nc(-c4cccc(-c5ncn[nH]5)c4)nc32)c1. The molecule has 1 amide bonds. The molecule has 11 nitrogen and oxygen atoms in total. The fourth-order valence-corrected chi connectivity index (χ4v) is 3.43. The van der Waals surface area contributed by atoms with Gasteiger partial charge in [-0.3, -0.25) is 9.89 Å². The minimum Gasteiger partial charge on any atom is -0.497 e. The van der Waals surface area contributed by atoms with E-state index in [0.717, 1.165) is 5.56 Å². The maximum atomic E-state index is 12.8. The lowest BCUT2D eigenvalue weighted by Crippen LogP contribution is -2.15. The van der Waals surface area contributed by atoms with Crippen molar-refractivity contribution in [3.63, 3.8) is 0 Å². The maximum Gasteiger partial charge on any atom is 0.332 e. The Kier molecular flexibility index (Phi) is 4.48. The zero-order valence-electron chi connectivity index (χ0n) is 16.7. The Morgan fingerprint density at radius 3 is 2.66 bits per heavy atom. The quantitative estimate of drug-likeness (QED) is 0.384. The van der Waals surface area contributed by atoms with Crippen LogP contribution < -0.4 is 16.2 Å². The number of hydrogen-bond donors (Lipinski definition) is 3. The van der Waals surface area contributed by atoms with Gasteiger partial charge in [0, 0.05) is 17.2 Å². The summed E-state index contributed by atoms with van der Waals surface area (Å²) in [5.41, 5.74) is 7.23. The molecule has 5 aromatic rings. The molecule has 0 saturated heterocycles. The van der Waals surface area contributed by atoms with Crippen molar-refractivity contribution in [3.8, 4) is 34.2 Å². The number of benzene rings is 2. The number of carbonyl (C=O) groups excluding carboxylic acids is 1.